The van der Waals surface area contributed by atoms with Gasteiger partial charge in [0.1, 0.15) is 11.3 Å². The van der Waals surface area contributed by atoms with Crippen molar-refractivity contribution in [2.45, 2.75) is 32.1 Å². The minimum absolute atomic E-state index is 0.00981. The second-order valence-corrected chi connectivity index (χ2v) is 4.49. The second-order valence-electron chi connectivity index (χ2n) is 4.09. The summed E-state index contributed by atoms with van der Waals surface area (Å²) >= 11 is 5.83. The number of carbonyl (C=O) groups is 1. The Kier molecular flexibility index (Phi) is 3.06. The van der Waals surface area contributed by atoms with E-state index in [2.05, 4.69) is 0 Å². The minimum atomic E-state index is -1.10. The normalized spacial score (nSPS) is 15.3. The molecule has 2 rings (SSSR count). The lowest BCUT2D eigenvalue weighted by Crippen LogP contribution is -2.06. The lowest BCUT2D eigenvalue weighted by Gasteiger charge is -2.12. The average molecular weight is 241 g/mol. The van der Waals surface area contributed by atoms with Crippen LogP contribution in [-0.2, 0) is 12.8 Å². The number of carboxylic acid groups (broad SMARTS) is 1. The maximum Gasteiger partial charge on any atom is 0.339 e. The van der Waals surface area contributed by atoms with E-state index in [1.165, 1.54) is 0 Å². The fraction of sp³-hybridized carbons (Fsp3) is 0.417. The Morgan fingerprint density at radius 3 is 2.62 bits per heavy atom. The second kappa shape index (κ2) is 4.34. The van der Waals surface area contributed by atoms with E-state index in [0.29, 0.717) is 6.42 Å². The molecule has 0 aromatic heterocycles. The van der Waals surface area contributed by atoms with Crippen LogP contribution in [-0.4, -0.2) is 16.2 Å². The van der Waals surface area contributed by atoms with E-state index in [4.69, 9.17) is 16.7 Å². The Morgan fingerprint density at radius 1 is 1.25 bits per heavy atom. The van der Waals surface area contributed by atoms with E-state index in [1.54, 1.807) is 6.07 Å². The number of rotatable bonds is 1. The molecule has 0 unspecified atom stereocenters. The molecule has 1 aliphatic carbocycles. The van der Waals surface area contributed by atoms with Crippen LogP contribution in [0.25, 0.3) is 0 Å². The zero-order valence-electron chi connectivity index (χ0n) is 8.79. The summed E-state index contributed by atoms with van der Waals surface area (Å²) in [7, 11) is 0. The number of halogens is 1. The third-order valence-electron chi connectivity index (χ3n) is 3.04. The number of aryl methyl sites for hydroxylation is 1. The van der Waals surface area contributed by atoms with Crippen LogP contribution in [0, 0.1) is 0 Å². The van der Waals surface area contributed by atoms with E-state index < -0.39 is 5.97 Å². The first kappa shape index (κ1) is 11.3. The van der Waals surface area contributed by atoms with Gasteiger partial charge in [0.2, 0.25) is 0 Å². The molecule has 1 aromatic rings. The highest BCUT2D eigenvalue weighted by Gasteiger charge is 2.22. The molecule has 0 fully saturated rings. The molecular weight excluding hydrogens is 228 g/mol. The first-order valence-electron chi connectivity index (χ1n) is 5.37. The highest BCUT2D eigenvalue weighted by molar-refractivity contribution is 6.32. The van der Waals surface area contributed by atoms with Gasteiger partial charge in [0.05, 0.1) is 5.02 Å². The number of aromatic hydroxyl groups is 1. The summed E-state index contributed by atoms with van der Waals surface area (Å²) < 4.78 is 0. The summed E-state index contributed by atoms with van der Waals surface area (Å²) in [5.41, 5.74) is 1.72. The number of carboxylic acids is 1. The smallest absolute Gasteiger partial charge is 0.339 e. The largest absolute Gasteiger partial charge is 0.505 e. The molecule has 0 bridgehead atoms. The number of hydrogen-bond acceptors (Lipinski definition) is 2. The molecule has 0 aliphatic heterocycles. The Labute approximate surface area is 98.7 Å². The summed E-state index contributed by atoms with van der Waals surface area (Å²) in [4.78, 5) is 11.1. The Bertz CT molecular complexity index is 440. The molecule has 0 saturated carbocycles. The number of aromatic carboxylic acids is 1. The zero-order valence-corrected chi connectivity index (χ0v) is 9.55. The highest BCUT2D eigenvalue weighted by Crippen LogP contribution is 2.35. The van der Waals surface area contributed by atoms with Gasteiger partial charge in [0, 0.05) is 0 Å². The molecule has 1 aliphatic rings. The molecule has 16 heavy (non-hydrogen) atoms. The first-order chi connectivity index (χ1) is 7.61. The van der Waals surface area contributed by atoms with Gasteiger partial charge in [-0.3, -0.25) is 0 Å². The molecule has 0 atom stereocenters. The third kappa shape index (κ3) is 1.87. The van der Waals surface area contributed by atoms with Gasteiger partial charge in [-0.2, -0.15) is 0 Å². The molecule has 1 aromatic carbocycles. The van der Waals surface area contributed by atoms with Gasteiger partial charge in [0.15, 0.2) is 0 Å². The molecule has 4 heteroatoms. The topological polar surface area (TPSA) is 57.5 Å². The summed E-state index contributed by atoms with van der Waals surface area (Å²) in [5, 5.41) is 19.0. The molecule has 3 nitrogen and oxygen atoms in total. The highest BCUT2D eigenvalue weighted by atomic mass is 35.5. The molecule has 0 saturated heterocycles. The van der Waals surface area contributed by atoms with Crippen molar-refractivity contribution in [2.75, 3.05) is 0 Å². The number of phenols is 1. The van der Waals surface area contributed by atoms with Gasteiger partial charge >= 0.3 is 5.97 Å². The van der Waals surface area contributed by atoms with E-state index in [9.17, 15) is 9.90 Å². The van der Waals surface area contributed by atoms with Crippen molar-refractivity contribution in [1.82, 2.24) is 0 Å². The van der Waals surface area contributed by atoms with Crippen LogP contribution in [0.4, 0.5) is 0 Å². The van der Waals surface area contributed by atoms with Gasteiger partial charge in [0.25, 0.3) is 0 Å². The monoisotopic (exact) mass is 240 g/mol. The van der Waals surface area contributed by atoms with Gasteiger partial charge in [-0.1, -0.05) is 18.0 Å². The van der Waals surface area contributed by atoms with Crippen molar-refractivity contribution in [3.05, 3.63) is 27.8 Å². The number of fused-ring (bicyclic) bond motifs is 1. The van der Waals surface area contributed by atoms with Crippen LogP contribution >= 0.6 is 11.6 Å². The molecule has 0 radical (unpaired) electrons. The maximum absolute atomic E-state index is 11.1. The predicted molar refractivity (Wildman–Crippen MR) is 61.3 cm³/mol. The molecule has 86 valence electrons. The Balaban J connectivity index is 2.65. The zero-order chi connectivity index (χ0) is 11.7. The lowest BCUT2D eigenvalue weighted by molar-refractivity contribution is 0.0692. The number of hydrogen-bond donors (Lipinski definition) is 2. The first-order valence-corrected chi connectivity index (χ1v) is 5.75. The lowest BCUT2D eigenvalue weighted by atomic mass is 9.96. The Morgan fingerprint density at radius 2 is 1.94 bits per heavy atom. The van der Waals surface area contributed by atoms with Gasteiger partial charge < -0.3 is 10.2 Å². The van der Waals surface area contributed by atoms with Crippen LogP contribution in [0.15, 0.2) is 6.07 Å². The van der Waals surface area contributed by atoms with E-state index in [0.717, 1.165) is 36.8 Å². The van der Waals surface area contributed by atoms with E-state index in [-0.39, 0.29) is 16.3 Å². The molecule has 0 heterocycles. The standard InChI is InChI=1S/C12H13ClO3/c13-9-6-7-4-2-1-3-5-8(7)10(11(9)14)12(15)16/h6,14H,1-5H2,(H,15,16). The molecular formula is C12H13ClO3. The van der Waals surface area contributed by atoms with E-state index >= 15 is 0 Å². The Hall–Kier alpha value is -1.22. The minimum Gasteiger partial charge on any atom is -0.505 e. The van der Waals surface area contributed by atoms with Crippen molar-refractivity contribution in [3.8, 4) is 5.75 Å². The van der Waals surface area contributed by atoms with Crippen molar-refractivity contribution < 1.29 is 15.0 Å². The fourth-order valence-electron chi connectivity index (χ4n) is 2.26. The fourth-order valence-corrected chi connectivity index (χ4v) is 2.49. The summed E-state index contributed by atoms with van der Waals surface area (Å²) in [6.07, 6.45) is 4.66. The SMILES string of the molecule is O=C(O)c1c(O)c(Cl)cc2c1CCCCC2. The van der Waals surface area contributed by atoms with Gasteiger partial charge in [-0.05, 0) is 42.9 Å². The number of benzene rings is 1. The van der Waals surface area contributed by atoms with E-state index in [1.807, 2.05) is 0 Å². The molecule has 0 spiro atoms. The van der Waals surface area contributed by atoms with Crippen LogP contribution < -0.4 is 0 Å². The maximum atomic E-state index is 11.1. The van der Waals surface area contributed by atoms with Crippen molar-refractivity contribution in [2.24, 2.45) is 0 Å². The van der Waals surface area contributed by atoms with Crippen LogP contribution in [0.3, 0.4) is 0 Å². The van der Waals surface area contributed by atoms with Crippen molar-refractivity contribution in [1.29, 1.82) is 0 Å². The van der Waals surface area contributed by atoms with Gasteiger partial charge in [-0.25, -0.2) is 4.79 Å². The van der Waals surface area contributed by atoms with Crippen LogP contribution in [0.5, 0.6) is 5.75 Å². The van der Waals surface area contributed by atoms with Crippen LogP contribution in [0.1, 0.15) is 40.7 Å². The quantitative estimate of drug-likeness (QED) is 0.742. The molecule has 2 N–H and O–H groups in total. The van der Waals surface area contributed by atoms with Crippen molar-refractivity contribution in [3.63, 3.8) is 0 Å². The third-order valence-corrected chi connectivity index (χ3v) is 3.33. The van der Waals surface area contributed by atoms with Crippen LogP contribution in [0.2, 0.25) is 5.02 Å². The summed E-state index contributed by atoms with van der Waals surface area (Å²) in [6, 6.07) is 1.70. The van der Waals surface area contributed by atoms with Crippen molar-refractivity contribution >= 4 is 17.6 Å². The van der Waals surface area contributed by atoms with Gasteiger partial charge in [-0.15, -0.1) is 0 Å². The molecule has 0 amide bonds. The summed E-state index contributed by atoms with van der Waals surface area (Å²) in [5.74, 6) is -1.40. The predicted octanol–water partition coefficient (Wildman–Crippen LogP) is 3.01. The average Bonchev–Trinajstić information content (AvgIpc) is 2.44. The summed E-state index contributed by atoms with van der Waals surface area (Å²) in [6.45, 7) is 0.